The molecule has 1 aromatic rings. The molecule has 0 aromatic heterocycles. The molecule has 112 valence electrons. The molecule has 0 aliphatic carbocycles. The van der Waals surface area contributed by atoms with Crippen molar-refractivity contribution in [1.82, 2.24) is 0 Å². The van der Waals surface area contributed by atoms with Crippen molar-refractivity contribution in [3.63, 3.8) is 0 Å². The summed E-state index contributed by atoms with van der Waals surface area (Å²) in [4.78, 5) is 10.6. The van der Waals surface area contributed by atoms with Gasteiger partial charge in [-0.2, -0.15) is 0 Å². The first-order valence-corrected chi connectivity index (χ1v) is 7.55. The van der Waals surface area contributed by atoms with Crippen molar-refractivity contribution in [3.05, 3.63) is 33.4 Å². The first kappa shape index (κ1) is 16.5. The van der Waals surface area contributed by atoms with Crippen LogP contribution in [0.5, 0.6) is 0 Å². The van der Waals surface area contributed by atoms with Crippen molar-refractivity contribution >= 4 is 11.4 Å². The molecule has 1 N–H and O–H groups in total. The van der Waals surface area contributed by atoms with Gasteiger partial charge in [-0.15, -0.1) is 0 Å². The highest BCUT2D eigenvalue weighted by Crippen LogP contribution is 2.26. The van der Waals surface area contributed by atoms with Gasteiger partial charge in [0.2, 0.25) is 0 Å². The molecule has 0 atom stereocenters. The quantitative estimate of drug-likeness (QED) is 0.393. The highest BCUT2D eigenvalue weighted by Gasteiger charge is 2.13. The highest BCUT2D eigenvalue weighted by atomic mass is 16.6. The minimum Gasteiger partial charge on any atom is -0.385 e. The van der Waals surface area contributed by atoms with Gasteiger partial charge in [-0.05, 0) is 31.9 Å². The molecule has 0 amide bonds. The largest absolute Gasteiger partial charge is 0.385 e. The summed E-state index contributed by atoms with van der Waals surface area (Å²) in [5.74, 6) is 0. The molecule has 0 radical (unpaired) electrons. The van der Waals surface area contributed by atoms with Gasteiger partial charge < -0.3 is 5.32 Å². The number of hydrogen-bond donors (Lipinski definition) is 1. The van der Waals surface area contributed by atoms with E-state index in [4.69, 9.17) is 0 Å². The van der Waals surface area contributed by atoms with E-state index in [2.05, 4.69) is 12.2 Å². The van der Waals surface area contributed by atoms with Gasteiger partial charge >= 0.3 is 0 Å². The standard InChI is InChI=1S/C16H26N2O2/c1-4-5-6-7-8-9-10-17-15-12-16(18(19)20)14(3)11-13(15)2/h11-12,17H,4-10H2,1-3H3. The molecule has 0 bridgehead atoms. The lowest BCUT2D eigenvalue weighted by Crippen LogP contribution is -2.04. The molecular formula is C16H26N2O2. The molecule has 0 aliphatic heterocycles. The van der Waals surface area contributed by atoms with Crippen LogP contribution in [0.2, 0.25) is 0 Å². The monoisotopic (exact) mass is 278 g/mol. The first-order valence-electron chi connectivity index (χ1n) is 7.55. The average molecular weight is 278 g/mol. The maximum atomic E-state index is 10.9. The second kappa shape index (κ2) is 8.56. The van der Waals surface area contributed by atoms with Crippen LogP contribution < -0.4 is 5.32 Å². The number of nitro benzene ring substituents is 1. The summed E-state index contributed by atoms with van der Waals surface area (Å²) in [6.07, 6.45) is 7.51. The van der Waals surface area contributed by atoms with Crippen LogP contribution in [-0.2, 0) is 0 Å². The number of benzene rings is 1. The number of unbranched alkanes of at least 4 members (excludes halogenated alkanes) is 5. The highest BCUT2D eigenvalue weighted by molar-refractivity contribution is 5.60. The van der Waals surface area contributed by atoms with Crippen LogP contribution in [0, 0.1) is 24.0 Å². The van der Waals surface area contributed by atoms with E-state index in [1.165, 1.54) is 32.1 Å². The van der Waals surface area contributed by atoms with E-state index in [1.54, 1.807) is 13.0 Å². The molecule has 0 spiro atoms. The van der Waals surface area contributed by atoms with E-state index in [0.717, 1.165) is 29.8 Å². The van der Waals surface area contributed by atoms with Gasteiger partial charge in [-0.25, -0.2) is 0 Å². The van der Waals surface area contributed by atoms with Gasteiger partial charge in [0, 0.05) is 23.9 Å². The number of nitrogens with one attached hydrogen (secondary N) is 1. The molecule has 1 aromatic carbocycles. The van der Waals surface area contributed by atoms with Crippen molar-refractivity contribution in [2.75, 3.05) is 11.9 Å². The summed E-state index contributed by atoms with van der Waals surface area (Å²) >= 11 is 0. The predicted molar refractivity (Wildman–Crippen MR) is 84.4 cm³/mol. The van der Waals surface area contributed by atoms with Gasteiger partial charge in [0.1, 0.15) is 0 Å². The predicted octanol–water partition coefficient (Wildman–Crippen LogP) is 4.98. The third-order valence-corrected chi connectivity index (χ3v) is 3.59. The summed E-state index contributed by atoms with van der Waals surface area (Å²) in [7, 11) is 0. The minimum absolute atomic E-state index is 0.195. The Morgan fingerprint density at radius 2 is 1.70 bits per heavy atom. The topological polar surface area (TPSA) is 55.2 Å². The Bertz CT molecular complexity index is 444. The number of anilines is 1. The number of hydrogen-bond acceptors (Lipinski definition) is 3. The lowest BCUT2D eigenvalue weighted by molar-refractivity contribution is -0.385. The molecule has 1 rings (SSSR count). The van der Waals surface area contributed by atoms with Crippen molar-refractivity contribution in [2.45, 2.75) is 59.3 Å². The summed E-state index contributed by atoms with van der Waals surface area (Å²) in [5, 5.41) is 14.3. The van der Waals surface area contributed by atoms with E-state index in [9.17, 15) is 10.1 Å². The Labute approximate surface area is 121 Å². The maximum absolute atomic E-state index is 10.9. The van der Waals surface area contributed by atoms with Crippen LogP contribution in [0.25, 0.3) is 0 Å². The van der Waals surface area contributed by atoms with Crippen molar-refractivity contribution in [3.8, 4) is 0 Å². The fourth-order valence-corrected chi connectivity index (χ4v) is 2.36. The van der Waals surface area contributed by atoms with Gasteiger partial charge in [0.25, 0.3) is 5.69 Å². The van der Waals surface area contributed by atoms with Crippen molar-refractivity contribution in [1.29, 1.82) is 0 Å². The Morgan fingerprint density at radius 3 is 2.35 bits per heavy atom. The van der Waals surface area contributed by atoms with Crippen molar-refractivity contribution < 1.29 is 4.92 Å². The Hall–Kier alpha value is -1.58. The smallest absolute Gasteiger partial charge is 0.274 e. The Morgan fingerprint density at radius 1 is 1.05 bits per heavy atom. The minimum atomic E-state index is -0.315. The number of rotatable bonds is 9. The second-order valence-corrected chi connectivity index (χ2v) is 5.41. The summed E-state index contributed by atoms with van der Waals surface area (Å²) in [5.41, 5.74) is 2.87. The number of nitrogens with zero attached hydrogens (tertiary/aromatic N) is 1. The molecule has 4 nitrogen and oxygen atoms in total. The summed E-state index contributed by atoms with van der Waals surface area (Å²) in [6.45, 7) is 6.87. The summed E-state index contributed by atoms with van der Waals surface area (Å²) < 4.78 is 0. The molecule has 0 aliphatic rings. The normalized spacial score (nSPS) is 10.6. The van der Waals surface area contributed by atoms with Gasteiger partial charge in [-0.3, -0.25) is 10.1 Å². The molecule has 0 unspecified atom stereocenters. The molecule has 0 saturated heterocycles. The number of nitro groups is 1. The fraction of sp³-hybridized carbons (Fsp3) is 0.625. The Balaban J connectivity index is 2.44. The molecule has 20 heavy (non-hydrogen) atoms. The Kier molecular flexibility index (Phi) is 7.05. The third-order valence-electron chi connectivity index (χ3n) is 3.59. The fourth-order valence-electron chi connectivity index (χ4n) is 2.36. The van der Waals surface area contributed by atoms with Crippen LogP contribution in [0.15, 0.2) is 12.1 Å². The van der Waals surface area contributed by atoms with E-state index in [-0.39, 0.29) is 10.6 Å². The SMILES string of the molecule is CCCCCCCCNc1cc([N+](=O)[O-])c(C)cc1C. The van der Waals surface area contributed by atoms with E-state index < -0.39 is 0 Å². The van der Waals surface area contributed by atoms with Crippen molar-refractivity contribution in [2.24, 2.45) is 0 Å². The summed E-state index contributed by atoms with van der Waals surface area (Å²) in [6, 6.07) is 3.53. The van der Waals surface area contributed by atoms with Crippen LogP contribution in [-0.4, -0.2) is 11.5 Å². The van der Waals surface area contributed by atoms with E-state index in [1.807, 2.05) is 13.0 Å². The van der Waals surface area contributed by atoms with Crippen LogP contribution in [0.4, 0.5) is 11.4 Å². The van der Waals surface area contributed by atoms with Gasteiger partial charge in [0.15, 0.2) is 0 Å². The molecule has 0 saturated carbocycles. The van der Waals surface area contributed by atoms with E-state index >= 15 is 0 Å². The molecule has 0 heterocycles. The maximum Gasteiger partial charge on any atom is 0.274 e. The average Bonchev–Trinajstić information content (AvgIpc) is 2.39. The molecule has 0 fully saturated rings. The lowest BCUT2D eigenvalue weighted by atomic mass is 10.1. The zero-order valence-corrected chi connectivity index (χ0v) is 12.9. The van der Waals surface area contributed by atoms with Gasteiger partial charge in [-0.1, -0.05) is 39.0 Å². The first-order chi connectivity index (χ1) is 9.56. The second-order valence-electron chi connectivity index (χ2n) is 5.41. The van der Waals surface area contributed by atoms with Crippen LogP contribution in [0.3, 0.4) is 0 Å². The lowest BCUT2D eigenvalue weighted by Gasteiger charge is -2.10. The molecular weight excluding hydrogens is 252 g/mol. The molecule has 4 heteroatoms. The van der Waals surface area contributed by atoms with Gasteiger partial charge in [0.05, 0.1) is 4.92 Å². The van der Waals surface area contributed by atoms with E-state index in [0.29, 0.717) is 0 Å². The third kappa shape index (κ3) is 5.19. The zero-order chi connectivity index (χ0) is 15.0. The van der Waals surface area contributed by atoms with Crippen LogP contribution >= 0.6 is 0 Å². The zero-order valence-electron chi connectivity index (χ0n) is 12.9. The van der Waals surface area contributed by atoms with Crippen LogP contribution in [0.1, 0.15) is 56.6 Å². The number of aryl methyl sites for hydroxylation is 2.